The molecule has 1 amide bonds. The second kappa shape index (κ2) is 8.44. The number of carbonyl (C=O) groups excluding carboxylic acids is 2. The quantitative estimate of drug-likeness (QED) is 0.758. The van der Waals surface area contributed by atoms with Crippen molar-refractivity contribution >= 4 is 29.2 Å². The summed E-state index contributed by atoms with van der Waals surface area (Å²) in [5, 5.41) is 3.23. The van der Waals surface area contributed by atoms with Crippen molar-refractivity contribution in [3.63, 3.8) is 0 Å². The summed E-state index contributed by atoms with van der Waals surface area (Å²) >= 11 is 5.95. The van der Waals surface area contributed by atoms with Gasteiger partial charge in [-0.15, -0.1) is 0 Å². The number of hydrogen-bond acceptors (Lipinski definition) is 4. The topological polar surface area (TPSA) is 64.6 Å². The first-order chi connectivity index (χ1) is 12.9. The first-order valence-electron chi connectivity index (χ1n) is 8.93. The van der Waals surface area contributed by atoms with Crippen LogP contribution >= 0.6 is 11.6 Å². The summed E-state index contributed by atoms with van der Waals surface area (Å²) in [6.45, 7) is 3.13. The lowest BCUT2D eigenvalue weighted by atomic mass is 10.1. The highest BCUT2D eigenvalue weighted by atomic mass is 35.5. The molecule has 2 aromatic carbocycles. The molecule has 0 radical (unpaired) electrons. The molecule has 6 heteroatoms. The number of aryl methyl sites for hydroxylation is 3. The summed E-state index contributed by atoms with van der Waals surface area (Å²) in [5.41, 5.74) is 4.06. The minimum Gasteiger partial charge on any atom is -0.482 e. The van der Waals surface area contributed by atoms with Crippen LogP contribution in [0.2, 0.25) is 5.02 Å². The second-order valence-electron chi connectivity index (χ2n) is 6.65. The van der Waals surface area contributed by atoms with Crippen LogP contribution in [0.3, 0.4) is 0 Å². The summed E-state index contributed by atoms with van der Waals surface area (Å²) in [5.74, 6) is -0.383. The predicted molar refractivity (Wildman–Crippen MR) is 104 cm³/mol. The SMILES string of the molecule is Cc1ccc(Cl)cc1NC(=O)[C@@H](C)OC(=O)COc1ccc2c(c1)CCC2. The van der Waals surface area contributed by atoms with E-state index in [-0.39, 0.29) is 6.61 Å². The fourth-order valence-electron chi connectivity index (χ4n) is 3.03. The molecule has 0 fully saturated rings. The van der Waals surface area contributed by atoms with Crippen LogP contribution in [0.1, 0.15) is 30.0 Å². The van der Waals surface area contributed by atoms with Crippen molar-refractivity contribution in [3.8, 4) is 5.75 Å². The van der Waals surface area contributed by atoms with Gasteiger partial charge < -0.3 is 14.8 Å². The third-order valence-electron chi connectivity index (χ3n) is 4.56. The molecule has 0 spiro atoms. The zero-order valence-corrected chi connectivity index (χ0v) is 16.1. The number of nitrogens with one attached hydrogen (secondary N) is 1. The summed E-state index contributed by atoms with van der Waals surface area (Å²) in [6, 6.07) is 11.1. The van der Waals surface area contributed by atoms with Crippen LogP contribution in [0.5, 0.6) is 5.75 Å². The monoisotopic (exact) mass is 387 g/mol. The number of anilines is 1. The number of hydrogen-bond donors (Lipinski definition) is 1. The normalized spacial score (nSPS) is 13.6. The van der Waals surface area contributed by atoms with Crippen LogP contribution in [0.15, 0.2) is 36.4 Å². The third kappa shape index (κ3) is 5.01. The van der Waals surface area contributed by atoms with Crippen LogP contribution in [-0.2, 0) is 27.2 Å². The van der Waals surface area contributed by atoms with Gasteiger partial charge in [-0.05, 0) is 74.1 Å². The molecule has 1 aliphatic rings. The Hall–Kier alpha value is -2.53. The lowest BCUT2D eigenvalue weighted by Crippen LogP contribution is -2.31. The molecular formula is C21H22ClNO4. The van der Waals surface area contributed by atoms with Gasteiger partial charge in [0.25, 0.3) is 5.91 Å². The van der Waals surface area contributed by atoms with Gasteiger partial charge in [0.2, 0.25) is 0 Å². The van der Waals surface area contributed by atoms with Crippen LogP contribution in [0.4, 0.5) is 5.69 Å². The number of rotatable bonds is 6. The van der Waals surface area contributed by atoms with E-state index in [4.69, 9.17) is 21.1 Å². The summed E-state index contributed by atoms with van der Waals surface area (Å²) in [6.07, 6.45) is 2.34. The first-order valence-corrected chi connectivity index (χ1v) is 9.31. The molecule has 0 saturated carbocycles. The Morgan fingerprint density at radius 1 is 1.15 bits per heavy atom. The Balaban J connectivity index is 1.49. The zero-order chi connectivity index (χ0) is 19.4. The number of ether oxygens (including phenoxy) is 2. The van der Waals surface area contributed by atoms with Crippen molar-refractivity contribution in [2.75, 3.05) is 11.9 Å². The molecule has 0 saturated heterocycles. The van der Waals surface area contributed by atoms with E-state index in [1.54, 1.807) is 18.2 Å². The largest absolute Gasteiger partial charge is 0.482 e. The lowest BCUT2D eigenvalue weighted by molar-refractivity contribution is -0.155. The van der Waals surface area contributed by atoms with Crippen molar-refractivity contribution < 1.29 is 19.1 Å². The van der Waals surface area contributed by atoms with Gasteiger partial charge in [0.1, 0.15) is 5.75 Å². The molecule has 2 aromatic rings. The standard InChI is InChI=1S/C21H22ClNO4/c1-13-6-8-17(22)11-19(13)23-21(25)14(2)27-20(24)12-26-18-9-7-15-4-3-5-16(15)10-18/h6-11,14H,3-5,12H2,1-2H3,(H,23,25)/t14-/m1/s1. The Morgan fingerprint density at radius 3 is 2.74 bits per heavy atom. The minimum atomic E-state index is -0.945. The van der Waals surface area contributed by atoms with Crippen LogP contribution in [-0.4, -0.2) is 24.6 Å². The number of benzene rings is 2. The Kier molecular flexibility index (Phi) is 6.01. The fraction of sp³-hybridized carbons (Fsp3) is 0.333. The Morgan fingerprint density at radius 2 is 1.93 bits per heavy atom. The molecule has 1 atom stereocenters. The van der Waals surface area contributed by atoms with E-state index < -0.39 is 18.0 Å². The Bertz CT molecular complexity index is 865. The molecule has 1 N–H and O–H groups in total. The maximum Gasteiger partial charge on any atom is 0.344 e. The highest BCUT2D eigenvalue weighted by Crippen LogP contribution is 2.26. The number of esters is 1. The molecule has 0 unspecified atom stereocenters. The van der Waals surface area contributed by atoms with E-state index in [2.05, 4.69) is 5.32 Å². The molecule has 0 aliphatic heterocycles. The van der Waals surface area contributed by atoms with Crippen molar-refractivity contribution in [2.45, 2.75) is 39.2 Å². The lowest BCUT2D eigenvalue weighted by Gasteiger charge is -2.15. The van der Waals surface area contributed by atoms with Crippen molar-refractivity contribution in [3.05, 3.63) is 58.1 Å². The summed E-state index contributed by atoms with van der Waals surface area (Å²) in [7, 11) is 0. The maximum absolute atomic E-state index is 12.2. The van der Waals surface area contributed by atoms with E-state index in [0.717, 1.165) is 24.8 Å². The van der Waals surface area contributed by atoms with E-state index in [9.17, 15) is 9.59 Å². The summed E-state index contributed by atoms with van der Waals surface area (Å²) < 4.78 is 10.7. The Labute approximate surface area is 163 Å². The predicted octanol–water partition coefficient (Wildman–Crippen LogP) is 4.09. The first kappa shape index (κ1) is 19.2. The molecule has 142 valence electrons. The van der Waals surface area contributed by atoms with Crippen LogP contribution in [0.25, 0.3) is 0 Å². The van der Waals surface area contributed by atoms with Crippen molar-refractivity contribution in [2.24, 2.45) is 0 Å². The van der Waals surface area contributed by atoms with Gasteiger partial charge in [-0.25, -0.2) is 4.79 Å². The van der Waals surface area contributed by atoms with E-state index in [1.165, 1.54) is 18.1 Å². The molecule has 27 heavy (non-hydrogen) atoms. The van der Waals surface area contributed by atoms with Crippen molar-refractivity contribution in [1.82, 2.24) is 0 Å². The molecule has 0 heterocycles. The smallest absolute Gasteiger partial charge is 0.344 e. The van der Waals surface area contributed by atoms with E-state index >= 15 is 0 Å². The highest BCUT2D eigenvalue weighted by molar-refractivity contribution is 6.31. The number of amides is 1. The molecule has 1 aliphatic carbocycles. The van der Waals surface area contributed by atoms with Gasteiger partial charge in [0, 0.05) is 10.7 Å². The van der Waals surface area contributed by atoms with Gasteiger partial charge in [0.15, 0.2) is 12.7 Å². The van der Waals surface area contributed by atoms with E-state index in [0.29, 0.717) is 16.5 Å². The zero-order valence-electron chi connectivity index (χ0n) is 15.4. The molecule has 5 nitrogen and oxygen atoms in total. The average Bonchev–Trinajstić information content (AvgIpc) is 3.10. The molecule has 0 bridgehead atoms. The second-order valence-corrected chi connectivity index (χ2v) is 7.09. The van der Waals surface area contributed by atoms with Crippen LogP contribution in [0, 0.1) is 6.92 Å². The van der Waals surface area contributed by atoms with Crippen molar-refractivity contribution in [1.29, 1.82) is 0 Å². The number of halogens is 1. The fourth-order valence-corrected chi connectivity index (χ4v) is 3.20. The van der Waals surface area contributed by atoms with Gasteiger partial charge in [0.05, 0.1) is 0 Å². The van der Waals surface area contributed by atoms with E-state index in [1.807, 2.05) is 25.1 Å². The summed E-state index contributed by atoms with van der Waals surface area (Å²) in [4.78, 5) is 24.2. The minimum absolute atomic E-state index is 0.243. The molecular weight excluding hydrogens is 366 g/mol. The maximum atomic E-state index is 12.2. The van der Waals surface area contributed by atoms with Crippen LogP contribution < -0.4 is 10.1 Å². The van der Waals surface area contributed by atoms with Gasteiger partial charge >= 0.3 is 5.97 Å². The average molecular weight is 388 g/mol. The number of fused-ring (bicyclic) bond motifs is 1. The molecule has 3 rings (SSSR count). The molecule has 0 aromatic heterocycles. The van der Waals surface area contributed by atoms with Gasteiger partial charge in [-0.3, -0.25) is 4.79 Å². The van der Waals surface area contributed by atoms with Gasteiger partial charge in [-0.2, -0.15) is 0 Å². The third-order valence-corrected chi connectivity index (χ3v) is 4.80. The highest BCUT2D eigenvalue weighted by Gasteiger charge is 2.19. The van der Waals surface area contributed by atoms with Gasteiger partial charge in [-0.1, -0.05) is 23.7 Å². The number of carbonyl (C=O) groups is 2.